The molecule has 0 saturated carbocycles. The molecule has 0 spiro atoms. The zero-order chi connectivity index (χ0) is 13.6. The number of hydrogen-bond acceptors (Lipinski definition) is 3. The van der Waals surface area contributed by atoms with Crippen LogP contribution < -0.4 is 5.32 Å². The molecule has 1 aromatic rings. The Hall–Kier alpha value is -0.900. The molecule has 2 unspecified atom stereocenters. The number of aliphatic hydroxyl groups excluding tert-OH is 1. The molecule has 0 amide bonds. The Morgan fingerprint density at radius 2 is 1.83 bits per heavy atom. The third kappa shape index (κ3) is 5.17. The van der Waals surface area contributed by atoms with E-state index in [-0.39, 0.29) is 12.6 Å². The third-order valence-corrected chi connectivity index (χ3v) is 2.98. The Morgan fingerprint density at radius 3 is 2.33 bits per heavy atom. The van der Waals surface area contributed by atoms with Crippen molar-refractivity contribution >= 4 is 0 Å². The van der Waals surface area contributed by atoms with Gasteiger partial charge in [0.1, 0.15) is 0 Å². The second kappa shape index (κ2) is 6.88. The fraction of sp³-hybridized carbons (Fsp3) is 0.600. The molecular formula is C15H25NO2. The molecule has 0 bridgehead atoms. The Kier molecular flexibility index (Phi) is 5.79. The Bertz CT molecular complexity index is 336. The number of nitrogens with one attached hydrogen (secondary N) is 1. The van der Waals surface area contributed by atoms with E-state index in [9.17, 15) is 5.11 Å². The first-order valence-corrected chi connectivity index (χ1v) is 6.56. The molecule has 3 N–H and O–H groups in total. The van der Waals surface area contributed by atoms with Crippen LogP contribution in [0.2, 0.25) is 0 Å². The summed E-state index contributed by atoms with van der Waals surface area (Å²) in [7, 11) is 0. The summed E-state index contributed by atoms with van der Waals surface area (Å²) in [6.07, 6.45) is 1.01. The van der Waals surface area contributed by atoms with Gasteiger partial charge in [0.25, 0.3) is 0 Å². The SMILES string of the molecule is CC(C)CC(NCC(C)(O)CO)c1ccccc1. The van der Waals surface area contributed by atoms with Crippen molar-refractivity contribution in [2.24, 2.45) is 5.92 Å². The van der Waals surface area contributed by atoms with Crippen LogP contribution in [0.1, 0.15) is 38.8 Å². The van der Waals surface area contributed by atoms with Crippen LogP contribution >= 0.6 is 0 Å². The van der Waals surface area contributed by atoms with Crippen molar-refractivity contribution in [2.75, 3.05) is 13.2 Å². The van der Waals surface area contributed by atoms with Gasteiger partial charge in [-0.3, -0.25) is 0 Å². The van der Waals surface area contributed by atoms with Crippen molar-refractivity contribution in [2.45, 2.75) is 38.8 Å². The van der Waals surface area contributed by atoms with Crippen LogP contribution in [0.15, 0.2) is 30.3 Å². The normalized spacial score (nSPS) is 16.6. The maximum absolute atomic E-state index is 9.84. The smallest absolute Gasteiger partial charge is 0.0973 e. The molecule has 0 heterocycles. The fourth-order valence-electron chi connectivity index (χ4n) is 1.89. The van der Waals surface area contributed by atoms with E-state index in [1.807, 2.05) is 18.2 Å². The van der Waals surface area contributed by atoms with Gasteiger partial charge in [0, 0.05) is 12.6 Å². The number of hydrogen-bond donors (Lipinski definition) is 3. The summed E-state index contributed by atoms with van der Waals surface area (Å²) < 4.78 is 0. The highest BCUT2D eigenvalue weighted by atomic mass is 16.3. The average molecular weight is 251 g/mol. The van der Waals surface area contributed by atoms with E-state index >= 15 is 0 Å². The summed E-state index contributed by atoms with van der Waals surface area (Å²) in [5, 5.41) is 22.3. The van der Waals surface area contributed by atoms with E-state index in [0.717, 1.165) is 6.42 Å². The van der Waals surface area contributed by atoms with E-state index < -0.39 is 5.60 Å². The van der Waals surface area contributed by atoms with Crippen molar-refractivity contribution < 1.29 is 10.2 Å². The second-order valence-corrected chi connectivity index (χ2v) is 5.63. The van der Waals surface area contributed by atoms with Crippen molar-refractivity contribution in [1.29, 1.82) is 0 Å². The van der Waals surface area contributed by atoms with E-state index in [1.165, 1.54) is 5.56 Å². The molecule has 0 aliphatic carbocycles. The minimum Gasteiger partial charge on any atom is -0.393 e. The van der Waals surface area contributed by atoms with Crippen LogP contribution in [-0.4, -0.2) is 29.0 Å². The first-order chi connectivity index (χ1) is 8.44. The largest absolute Gasteiger partial charge is 0.393 e. The predicted molar refractivity (Wildman–Crippen MR) is 74.4 cm³/mol. The van der Waals surface area contributed by atoms with Crippen molar-refractivity contribution in [1.82, 2.24) is 5.32 Å². The Labute approximate surface area is 110 Å². The van der Waals surface area contributed by atoms with Crippen LogP contribution in [0.25, 0.3) is 0 Å². The lowest BCUT2D eigenvalue weighted by atomic mass is 9.96. The van der Waals surface area contributed by atoms with Gasteiger partial charge in [-0.15, -0.1) is 0 Å². The van der Waals surface area contributed by atoms with Crippen LogP contribution in [0.4, 0.5) is 0 Å². The van der Waals surface area contributed by atoms with Gasteiger partial charge in [0.15, 0.2) is 0 Å². The van der Waals surface area contributed by atoms with Crippen LogP contribution in [0.3, 0.4) is 0 Å². The average Bonchev–Trinajstić information content (AvgIpc) is 2.35. The molecule has 0 radical (unpaired) electrons. The summed E-state index contributed by atoms with van der Waals surface area (Å²) in [6.45, 7) is 6.15. The predicted octanol–water partition coefficient (Wildman–Crippen LogP) is 2.11. The lowest BCUT2D eigenvalue weighted by Gasteiger charge is -2.27. The minimum atomic E-state index is -1.07. The molecule has 0 fully saturated rings. The molecule has 0 saturated heterocycles. The highest BCUT2D eigenvalue weighted by molar-refractivity contribution is 5.19. The van der Waals surface area contributed by atoms with Gasteiger partial charge < -0.3 is 15.5 Å². The van der Waals surface area contributed by atoms with E-state index in [1.54, 1.807) is 6.92 Å². The first-order valence-electron chi connectivity index (χ1n) is 6.56. The highest BCUT2D eigenvalue weighted by Gasteiger charge is 2.21. The third-order valence-electron chi connectivity index (χ3n) is 2.98. The molecular weight excluding hydrogens is 226 g/mol. The molecule has 1 aromatic carbocycles. The topological polar surface area (TPSA) is 52.5 Å². The van der Waals surface area contributed by atoms with Crippen molar-refractivity contribution in [3.8, 4) is 0 Å². The van der Waals surface area contributed by atoms with Crippen LogP contribution in [0.5, 0.6) is 0 Å². The number of rotatable bonds is 7. The zero-order valence-electron chi connectivity index (χ0n) is 11.6. The Balaban J connectivity index is 2.68. The van der Waals surface area contributed by atoms with Crippen molar-refractivity contribution in [3.05, 3.63) is 35.9 Å². The molecule has 2 atom stereocenters. The minimum absolute atomic E-state index is 0.212. The molecule has 102 valence electrons. The lowest BCUT2D eigenvalue weighted by molar-refractivity contribution is 0.000217. The van der Waals surface area contributed by atoms with E-state index in [0.29, 0.717) is 12.5 Å². The number of benzene rings is 1. The van der Waals surface area contributed by atoms with Gasteiger partial charge >= 0.3 is 0 Å². The monoisotopic (exact) mass is 251 g/mol. The molecule has 1 rings (SSSR count). The summed E-state index contributed by atoms with van der Waals surface area (Å²) in [5.41, 5.74) is 0.157. The zero-order valence-corrected chi connectivity index (χ0v) is 11.6. The quantitative estimate of drug-likeness (QED) is 0.695. The second-order valence-electron chi connectivity index (χ2n) is 5.63. The summed E-state index contributed by atoms with van der Waals surface area (Å²) >= 11 is 0. The van der Waals surface area contributed by atoms with Gasteiger partial charge in [-0.2, -0.15) is 0 Å². The lowest BCUT2D eigenvalue weighted by Crippen LogP contribution is -2.42. The molecule has 0 aliphatic rings. The Morgan fingerprint density at radius 1 is 1.22 bits per heavy atom. The fourth-order valence-corrected chi connectivity index (χ4v) is 1.89. The highest BCUT2D eigenvalue weighted by Crippen LogP contribution is 2.21. The summed E-state index contributed by atoms with van der Waals surface area (Å²) in [6, 6.07) is 10.4. The molecule has 3 nitrogen and oxygen atoms in total. The first kappa shape index (κ1) is 15.2. The van der Waals surface area contributed by atoms with Gasteiger partial charge in [-0.1, -0.05) is 44.2 Å². The van der Waals surface area contributed by atoms with Gasteiger partial charge in [-0.25, -0.2) is 0 Å². The standard InChI is InChI=1S/C15H25NO2/c1-12(2)9-14(13-7-5-4-6-8-13)16-10-15(3,18)11-17/h4-8,12,14,16-18H,9-11H2,1-3H3. The summed E-state index contributed by atoms with van der Waals surface area (Å²) in [4.78, 5) is 0. The van der Waals surface area contributed by atoms with Crippen molar-refractivity contribution in [3.63, 3.8) is 0 Å². The van der Waals surface area contributed by atoms with Crippen LogP contribution in [0, 0.1) is 5.92 Å². The van der Waals surface area contributed by atoms with Gasteiger partial charge in [0.2, 0.25) is 0 Å². The molecule has 3 heteroatoms. The molecule has 0 aromatic heterocycles. The number of aliphatic hydroxyl groups is 2. The van der Waals surface area contributed by atoms with E-state index in [4.69, 9.17) is 5.11 Å². The maximum atomic E-state index is 9.84. The molecule has 0 aliphatic heterocycles. The maximum Gasteiger partial charge on any atom is 0.0973 e. The van der Waals surface area contributed by atoms with E-state index in [2.05, 4.69) is 31.3 Å². The molecule has 18 heavy (non-hydrogen) atoms. The van der Waals surface area contributed by atoms with Gasteiger partial charge in [0.05, 0.1) is 12.2 Å². The van der Waals surface area contributed by atoms with Crippen LogP contribution in [-0.2, 0) is 0 Å². The summed E-state index contributed by atoms with van der Waals surface area (Å²) in [5.74, 6) is 0.571. The van der Waals surface area contributed by atoms with Gasteiger partial charge in [-0.05, 0) is 24.8 Å².